The Bertz CT molecular complexity index is 471. The van der Waals surface area contributed by atoms with Crippen LogP contribution < -0.4 is 5.32 Å². The zero-order valence-electron chi connectivity index (χ0n) is 8.58. The van der Waals surface area contributed by atoms with Crippen LogP contribution in [0.2, 0.25) is 10.0 Å². The number of thiophene rings is 1. The number of halogens is 2. The average molecular weight is 273 g/mol. The topological polar surface area (TPSA) is 24.9 Å². The third-order valence-electron chi connectivity index (χ3n) is 2.20. The van der Waals surface area contributed by atoms with Crippen LogP contribution in [0.25, 0.3) is 0 Å². The number of rotatable bonds is 3. The molecule has 0 fully saturated rings. The van der Waals surface area contributed by atoms with E-state index in [2.05, 4.69) is 28.7 Å². The molecule has 1 unspecified atom stereocenters. The summed E-state index contributed by atoms with van der Waals surface area (Å²) in [5, 5.41) is 8.47. The minimum atomic E-state index is 0.178. The van der Waals surface area contributed by atoms with E-state index < -0.39 is 0 Å². The van der Waals surface area contributed by atoms with Crippen molar-refractivity contribution in [2.24, 2.45) is 0 Å². The van der Waals surface area contributed by atoms with Gasteiger partial charge in [0.2, 0.25) is 0 Å². The maximum absolute atomic E-state index is 6.03. The highest BCUT2D eigenvalue weighted by atomic mass is 35.5. The van der Waals surface area contributed by atoms with E-state index in [1.807, 2.05) is 5.38 Å². The number of nitrogens with zero attached hydrogens (tertiary/aromatic N) is 1. The summed E-state index contributed by atoms with van der Waals surface area (Å²) < 4.78 is 0. The van der Waals surface area contributed by atoms with Crippen molar-refractivity contribution >= 4 is 40.4 Å². The van der Waals surface area contributed by atoms with Gasteiger partial charge in [-0.05, 0) is 35.4 Å². The Morgan fingerprint density at radius 3 is 2.88 bits per heavy atom. The first-order valence-electron chi connectivity index (χ1n) is 4.76. The van der Waals surface area contributed by atoms with E-state index in [1.54, 1.807) is 23.6 Å². The molecule has 0 bridgehead atoms. The van der Waals surface area contributed by atoms with Crippen LogP contribution in [0.1, 0.15) is 18.5 Å². The lowest BCUT2D eigenvalue weighted by Gasteiger charge is -2.14. The first-order chi connectivity index (χ1) is 7.66. The molecule has 0 aliphatic carbocycles. The Kier molecular flexibility index (Phi) is 3.69. The SMILES string of the molecule is CC(Nc1ncc(Cl)cc1Cl)c1ccsc1. The van der Waals surface area contributed by atoms with Gasteiger partial charge in [0.1, 0.15) is 5.82 Å². The summed E-state index contributed by atoms with van der Waals surface area (Å²) in [6, 6.07) is 3.93. The van der Waals surface area contributed by atoms with Gasteiger partial charge in [-0.3, -0.25) is 0 Å². The van der Waals surface area contributed by atoms with Crippen LogP contribution >= 0.6 is 34.5 Å². The van der Waals surface area contributed by atoms with Crippen LogP contribution in [0.3, 0.4) is 0 Å². The molecule has 1 N–H and O–H groups in total. The van der Waals surface area contributed by atoms with Crippen LogP contribution in [-0.4, -0.2) is 4.98 Å². The first kappa shape index (κ1) is 11.7. The molecule has 1 atom stereocenters. The molecule has 2 heterocycles. The smallest absolute Gasteiger partial charge is 0.145 e. The number of hydrogen-bond acceptors (Lipinski definition) is 3. The average Bonchev–Trinajstić information content (AvgIpc) is 2.75. The molecule has 0 aliphatic rings. The molecular formula is C11H10Cl2N2S. The molecule has 0 radical (unpaired) electrons. The molecule has 0 saturated carbocycles. The van der Waals surface area contributed by atoms with Gasteiger partial charge in [0.05, 0.1) is 16.1 Å². The number of nitrogens with one attached hydrogen (secondary N) is 1. The molecule has 0 saturated heterocycles. The number of aromatic nitrogens is 1. The highest BCUT2D eigenvalue weighted by molar-refractivity contribution is 7.08. The normalized spacial score (nSPS) is 12.4. The molecule has 5 heteroatoms. The molecule has 0 amide bonds. The maximum Gasteiger partial charge on any atom is 0.145 e. The van der Waals surface area contributed by atoms with Crippen molar-refractivity contribution in [1.82, 2.24) is 4.98 Å². The van der Waals surface area contributed by atoms with E-state index in [0.717, 1.165) is 0 Å². The van der Waals surface area contributed by atoms with Crippen molar-refractivity contribution in [3.63, 3.8) is 0 Å². The highest BCUT2D eigenvalue weighted by Crippen LogP contribution is 2.26. The zero-order chi connectivity index (χ0) is 11.5. The van der Waals surface area contributed by atoms with Crippen molar-refractivity contribution in [1.29, 1.82) is 0 Å². The van der Waals surface area contributed by atoms with Crippen LogP contribution in [0.4, 0.5) is 5.82 Å². The summed E-state index contributed by atoms with van der Waals surface area (Å²) in [5.41, 5.74) is 1.22. The lowest BCUT2D eigenvalue weighted by Crippen LogP contribution is -2.07. The lowest BCUT2D eigenvalue weighted by molar-refractivity contribution is 0.880. The largest absolute Gasteiger partial charge is 0.362 e. The summed E-state index contributed by atoms with van der Waals surface area (Å²) in [6.45, 7) is 2.06. The maximum atomic E-state index is 6.03. The summed E-state index contributed by atoms with van der Waals surface area (Å²) >= 11 is 13.5. The van der Waals surface area contributed by atoms with Crippen molar-refractivity contribution in [3.8, 4) is 0 Å². The van der Waals surface area contributed by atoms with Gasteiger partial charge in [0, 0.05) is 6.20 Å². The van der Waals surface area contributed by atoms with Crippen molar-refractivity contribution in [3.05, 3.63) is 44.7 Å². The van der Waals surface area contributed by atoms with Crippen LogP contribution in [0.5, 0.6) is 0 Å². The minimum Gasteiger partial charge on any atom is -0.362 e. The van der Waals surface area contributed by atoms with Crippen molar-refractivity contribution in [2.75, 3.05) is 5.32 Å². The molecule has 2 rings (SSSR count). The number of anilines is 1. The molecule has 0 aliphatic heterocycles. The summed E-state index contributed by atoms with van der Waals surface area (Å²) in [5.74, 6) is 0.657. The van der Waals surface area contributed by atoms with Gasteiger partial charge < -0.3 is 5.32 Å². The second-order valence-corrected chi connectivity index (χ2v) is 5.03. The van der Waals surface area contributed by atoms with E-state index in [-0.39, 0.29) is 6.04 Å². The van der Waals surface area contributed by atoms with Gasteiger partial charge in [-0.1, -0.05) is 23.2 Å². The fourth-order valence-electron chi connectivity index (χ4n) is 1.33. The standard InChI is InChI=1S/C11H10Cl2N2S/c1-7(8-2-3-16-6-8)15-11-10(13)4-9(12)5-14-11/h2-7H,1H3,(H,14,15). The van der Waals surface area contributed by atoms with Crippen molar-refractivity contribution in [2.45, 2.75) is 13.0 Å². The lowest BCUT2D eigenvalue weighted by atomic mass is 10.2. The second kappa shape index (κ2) is 5.04. The quantitative estimate of drug-likeness (QED) is 0.882. The second-order valence-electron chi connectivity index (χ2n) is 3.41. The first-order valence-corrected chi connectivity index (χ1v) is 6.46. The number of pyridine rings is 1. The fraction of sp³-hybridized carbons (Fsp3) is 0.182. The third-order valence-corrected chi connectivity index (χ3v) is 3.40. The monoisotopic (exact) mass is 272 g/mol. The molecule has 0 spiro atoms. The predicted molar refractivity (Wildman–Crippen MR) is 70.6 cm³/mol. The summed E-state index contributed by atoms with van der Waals surface area (Å²) in [6.07, 6.45) is 1.58. The van der Waals surface area contributed by atoms with Crippen LogP contribution in [-0.2, 0) is 0 Å². The van der Waals surface area contributed by atoms with Gasteiger partial charge in [-0.25, -0.2) is 4.98 Å². The van der Waals surface area contributed by atoms with Gasteiger partial charge in [-0.2, -0.15) is 11.3 Å². The molecule has 2 aromatic heterocycles. The van der Waals surface area contributed by atoms with Gasteiger partial charge in [0.25, 0.3) is 0 Å². The third kappa shape index (κ3) is 2.67. The van der Waals surface area contributed by atoms with E-state index in [9.17, 15) is 0 Å². The molecule has 84 valence electrons. The Balaban J connectivity index is 2.15. The van der Waals surface area contributed by atoms with Gasteiger partial charge in [0.15, 0.2) is 0 Å². The molecule has 16 heavy (non-hydrogen) atoms. The Morgan fingerprint density at radius 2 is 2.25 bits per heavy atom. The Morgan fingerprint density at radius 1 is 1.44 bits per heavy atom. The van der Waals surface area contributed by atoms with E-state index in [1.165, 1.54) is 5.56 Å². The number of hydrogen-bond donors (Lipinski definition) is 1. The summed E-state index contributed by atoms with van der Waals surface area (Å²) in [4.78, 5) is 4.16. The Labute approximate surface area is 108 Å². The molecule has 0 aromatic carbocycles. The van der Waals surface area contributed by atoms with E-state index in [4.69, 9.17) is 23.2 Å². The van der Waals surface area contributed by atoms with Gasteiger partial charge in [-0.15, -0.1) is 0 Å². The fourth-order valence-corrected chi connectivity index (χ4v) is 2.52. The molecular weight excluding hydrogens is 263 g/mol. The highest BCUT2D eigenvalue weighted by Gasteiger charge is 2.09. The van der Waals surface area contributed by atoms with Crippen LogP contribution in [0.15, 0.2) is 29.1 Å². The minimum absolute atomic E-state index is 0.178. The van der Waals surface area contributed by atoms with Gasteiger partial charge >= 0.3 is 0 Å². The van der Waals surface area contributed by atoms with Crippen LogP contribution in [0, 0.1) is 0 Å². The zero-order valence-corrected chi connectivity index (χ0v) is 10.9. The summed E-state index contributed by atoms with van der Waals surface area (Å²) in [7, 11) is 0. The Hall–Kier alpha value is -0.770. The molecule has 2 nitrogen and oxygen atoms in total. The molecule has 2 aromatic rings. The van der Waals surface area contributed by atoms with E-state index in [0.29, 0.717) is 15.9 Å². The van der Waals surface area contributed by atoms with Crippen molar-refractivity contribution < 1.29 is 0 Å². The van der Waals surface area contributed by atoms with E-state index >= 15 is 0 Å². The predicted octanol–water partition coefficient (Wildman–Crippen LogP) is 4.62.